The molecule has 72 valence electrons. The van der Waals surface area contributed by atoms with Gasteiger partial charge in [-0.05, 0) is 13.0 Å². The molecule has 0 aliphatic carbocycles. The number of hydrogen-bond acceptors (Lipinski definition) is 3. The summed E-state index contributed by atoms with van der Waals surface area (Å²) in [5.74, 6) is 0.329. The summed E-state index contributed by atoms with van der Waals surface area (Å²) in [6.45, 7) is 1.89. The summed E-state index contributed by atoms with van der Waals surface area (Å²) in [6.07, 6.45) is 0. The highest BCUT2D eigenvalue weighted by Crippen LogP contribution is 2.16. The van der Waals surface area contributed by atoms with Gasteiger partial charge >= 0.3 is 5.97 Å². The fourth-order valence-electron chi connectivity index (χ4n) is 1.23. The van der Waals surface area contributed by atoms with Gasteiger partial charge in [0.15, 0.2) is 0 Å². The van der Waals surface area contributed by atoms with E-state index in [-0.39, 0.29) is 5.97 Å². The van der Waals surface area contributed by atoms with E-state index < -0.39 is 0 Å². The topological polar surface area (TPSA) is 31.2 Å². The second-order valence-electron chi connectivity index (χ2n) is 2.84. The van der Waals surface area contributed by atoms with Gasteiger partial charge in [0.1, 0.15) is 0 Å². The van der Waals surface area contributed by atoms with E-state index in [0.717, 1.165) is 11.4 Å². The molecule has 0 atom stereocenters. The Labute approximate surface area is 83.1 Å². The standard InChI is InChI=1S/C9H13NO2S/c1-6-8(9(11)12-3)4-7(5-13)10(6)2/h4,13H,5H2,1-3H3. The zero-order chi connectivity index (χ0) is 10.0. The molecule has 4 heteroatoms. The van der Waals surface area contributed by atoms with Crippen molar-refractivity contribution in [3.05, 3.63) is 23.0 Å². The zero-order valence-corrected chi connectivity index (χ0v) is 8.89. The molecule has 3 nitrogen and oxygen atoms in total. The lowest BCUT2D eigenvalue weighted by Crippen LogP contribution is -2.03. The van der Waals surface area contributed by atoms with Crippen molar-refractivity contribution in [1.29, 1.82) is 0 Å². The van der Waals surface area contributed by atoms with E-state index in [0.29, 0.717) is 11.3 Å². The van der Waals surface area contributed by atoms with Gasteiger partial charge in [0.25, 0.3) is 0 Å². The maximum absolute atomic E-state index is 11.3. The fourth-order valence-corrected chi connectivity index (χ4v) is 1.54. The van der Waals surface area contributed by atoms with Crippen LogP contribution in [0.3, 0.4) is 0 Å². The summed E-state index contributed by atoms with van der Waals surface area (Å²) in [6, 6.07) is 1.81. The Bertz CT molecular complexity index is 331. The number of thiol groups is 1. The maximum atomic E-state index is 11.3. The summed E-state index contributed by atoms with van der Waals surface area (Å²) in [7, 11) is 3.29. The van der Waals surface area contributed by atoms with Gasteiger partial charge in [0.2, 0.25) is 0 Å². The molecule has 0 radical (unpaired) electrons. The van der Waals surface area contributed by atoms with Crippen LogP contribution in [0.4, 0.5) is 0 Å². The number of carbonyl (C=O) groups is 1. The lowest BCUT2D eigenvalue weighted by atomic mass is 10.2. The van der Waals surface area contributed by atoms with Gasteiger partial charge in [0.05, 0.1) is 12.7 Å². The molecule has 1 aromatic rings. The molecule has 1 rings (SSSR count). The third-order valence-electron chi connectivity index (χ3n) is 2.20. The van der Waals surface area contributed by atoms with Crippen molar-refractivity contribution in [2.24, 2.45) is 7.05 Å². The van der Waals surface area contributed by atoms with E-state index >= 15 is 0 Å². The van der Waals surface area contributed by atoms with Crippen LogP contribution in [0.25, 0.3) is 0 Å². The minimum absolute atomic E-state index is 0.291. The number of esters is 1. The van der Waals surface area contributed by atoms with Crippen LogP contribution >= 0.6 is 12.6 Å². The van der Waals surface area contributed by atoms with Gasteiger partial charge in [-0.15, -0.1) is 0 Å². The van der Waals surface area contributed by atoms with Crippen LogP contribution in [0.2, 0.25) is 0 Å². The van der Waals surface area contributed by atoms with Crippen LogP contribution in [0, 0.1) is 6.92 Å². The molecule has 0 bridgehead atoms. The number of hydrogen-bond donors (Lipinski definition) is 1. The molecule has 0 amide bonds. The van der Waals surface area contributed by atoms with E-state index in [9.17, 15) is 4.79 Å². The molecule has 0 saturated carbocycles. The molecule has 0 spiro atoms. The van der Waals surface area contributed by atoms with Gasteiger partial charge in [0, 0.05) is 24.2 Å². The second-order valence-corrected chi connectivity index (χ2v) is 3.16. The van der Waals surface area contributed by atoms with Gasteiger partial charge < -0.3 is 9.30 Å². The molecule has 1 aromatic heterocycles. The Morgan fingerprint density at radius 1 is 1.69 bits per heavy atom. The minimum atomic E-state index is -0.291. The number of carbonyl (C=O) groups excluding carboxylic acids is 1. The highest BCUT2D eigenvalue weighted by atomic mass is 32.1. The van der Waals surface area contributed by atoms with Gasteiger partial charge in [-0.2, -0.15) is 12.6 Å². The highest BCUT2D eigenvalue weighted by molar-refractivity contribution is 7.79. The lowest BCUT2D eigenvalue weighted by molar-refractivity contribution is 0.0600. The van der Waals surface area contributed by atoms with Crippen molar-refractivity contribution >= 4 is 18.6 Å². The number of rotatable bonds is 2. The van der Waals surface area contributed by atoms with Gasteiger partial charge in [-0.1, -0.05) is 0 Å². The first kappa shape index (κ1) is 10.2. The first-order valence-corrected chi connectivity index (χ1v) is 4.59. The summed E-state index contributed by atoms with van der Waals surface area (Å²) in [5.41, 5.74) is 2.55. The summed E-state index contributed by atoms with van der Waals surface area (Å²) in [4.78, 5) is 11.3. The molecule has 0 saturated heterocycles. The zero-order valence-electron chi connectivity index (χ0n) is 8.00. The number of aromatic nitrogens is 1. The maximum Gasteiger partial charge on any atom is 0.339 e. The summed E-state index contributed by atoms with van der Waals surface area (Å²) >= 11 is 4.17. The molecule has 0 unspecified atom stereocenters. The van der Waals surface area contributed by atoms with Crippen molar-refractivity contribution in [3.63, 3.8) is 0 Å². The minimum Gasteiger partial charge on any atom is -0.465 e. The van der Waals surface area contributed by atoms with Crippen molar-refractivity contribution < 1.29 is 9.53 Å². The molecule has 0 fully saturated rings. The predicted molar refractivity (Wildman–Crippen MR) is 54.2 cm³/mol. The average Bonchev–Trinajstić information content (AvgIpc) is 2.43. The van der Waals surface area contributed by atoms with Crippen LogP contribution in [0.15, 0.2) is 6.07 Å². The summed E-state index contributed by atoms with van der Waals surface area (Å²) in [5, 5.41) is 0. The van der Waals surface area contributed by atoms with E-state index in [4.69, 9.17) is 0 Å². The SMILES string of the molecule is COC(=O)c1cc(CS)n(C)c1C. The smallest absolute Gasteiger partial charge is 0.339 e. The van der Waals surface area contributed by atoms with Gasteiger partial charge in [-0.25, -0.2) is 4.79 Å². The summed E-state index contributed by atoms with van der Waals surface area (Å²) < 4.78 is 6.60. The monoisotopic (exact) mass is 199 g/mol. The van der Waals surface area contributed by atoms with Crippen LogP contribution < -0.4 is 0 Å². The Kier molecular flexibility index (Phi) is 3.03. The number of nitrogens with zero attached hydrogens (tertiary/aromatic N) is 1. The van der Waals surface area contributed by atoms with Crippen molar-refractivity contribution in [1.82, 2.24) is 4.57 Å². The highest BCUT2D eigenvalue weighted by Gasteiger charge is 2.14. The first-order chi connectivity index (χ1) is 6.11. The molecule has 0 aliphatic rings. The molecule has 1 heterocycles. The Hall–Kier alpha value is -0.900. The van der Waals surface area contributed by atoms with E-state index in [1.165, 1.54) is 7.11 Å². The molecular weight excluding hydrogens is 186 g/mol. The average molecular weight is 199 g/mol. The normalized spacial score (nSPS) is 10.2. The van der Waals surface area contributed by atoms with Gasteiger partial charge in [-0.3, -0.25) is 0 Å². The second kappa shape index (κ2) is 3.87. The van der Waals surface area contributed by atoms with Crippen LogP contribution in [-0.2, 0) is 17.5 Å². The Morgan fingerprint density at radius 3 is 2.69 bits per heavy atom. The van der Waals surface area contributed by atoms with Crippen LogP contribution in [0.5, 0.6) is 0 Å². The number of ether oxygens (including phenoxy) is 1. The third kappa shape index (κ3) is 1.72. The Morgan fingerprint density at radius 2 is 2.31 bits per heavy atom. The molecule has 13 heavy (non-hydrogen) atoms. The first-order valence-electron chi connectivity index (χ1n) is 3.96. The van der Waals surface area contributed by atoms with Crippen molar-refractivity contribution in [3.8, 4) is 0 Å². The lowest BCUT2D eigenvalue weighted by Gasteiger charge is -2.01. The van der Waals surface area contributed by atoms with E-state index in [1.807, 2.05) is 24.6 Å². The molecule has 0 aliphatic heterocycles. The Balaban J connectivity index is 3.17. The number of methoxy groups -OCH3 is 1. The van der Waals surface area contributed by atoms with E-state index in [1.54, 1.807) is 0 Å². The molecule has 0 aromatic carbocycles. The van der Waals surface area contributed by atoms with E-state index in [2.05, 4.69) is 17.4 Å². The molecular formula is C9H13NO2S. The largest absolute Gasteiger partial charge is 0.465 e. The fraction of sp³-hybridized carbons (Fsp3) is 0.444. The van der Waals surface area contributed by atoms with Crippen LogP contribution in [-0.4, -0.2) is 17.6 Å². The third-order valence-corrected chi connectivity index (χ3v) is 2.53. The van der Waals surface area contributed by atoms with Crippen molar-refractivity contribution in [2.45, 2.75) is 12.7 Å². The van der Waals surface area contributed by atoms with Crippen molar-refractivity contribution in [2.75, 3.05) is 7.11 Å². The van der Waals surface area contributed by atoms with Crippen LogP contribution in [0.1, 0.15) is 21.7 Å². The molecule has 0 N–H and O–H groups in total. The quantitative estimate of drug-likeness (QED) is 0.579. The predicted octanol–water partition coefficient (Wildman–Crippen LogP) is 1.55.